The van der Waals surface area contributed by atoms with Gasteiger partial charge < -0.3 is 124 Å². The summed E-state index contributed by atoms with van der Waals surface area (Å²) in [5.41, 5.74) is -1.59. The molecule has 65 heavy (non-hydrogen) atoms. The standard InChI is InChI=1S/C39H50O26/c40-7-16-21(44)26(49)30(53)36(61-16)57-10-19-24(47)29(52)33(56)39(64-19)65-35-25(48)20-14(43)5-13(59-38-32(55)28(51)23(46)18(9-42)63-38)6-15(20)60-34(35)11-1-3-12(4-2-11)58-37-31(54)27(50)22(45)17(8-41)62-37/h1-6,16-19,21-24,26-33,36-47,49-56H,7-10H2/t16?,17?,18?,19?,21-,22-,23-,24-,26+,27+,28+,29?,30?,31?,32?,33?,36-,37-,38-,39+/m1/s1. The Morgan fingerprint density at radius 3 is 1.38 bits per heavy atom. The van der Waals surface area contributed by atoms with Crippen molar-refractivity contribution in [2.75, 3.05) is 26.4 Å². The van der Waals surface area contributed by atoms with Gasteiger partial charge in [-0.3, -0.25) is 4.79 Å². The molecule has 4 saturated heterocycles. The Labute approximate surface area is 364 Å². The van der Waals surface area contributed by atoms with Crippen LogP contribution in [-0.4, -0.2) is 231 Å². The van der Waals surface area contributed by atoms with Crippen LogP contribution in [0.3, 0.4) is 0 Å². The fraction of sp³-hybridized carbons (Fsp3) is 0.615. The quantitative estimate of drug-likeness (QED) is 0.0757. The van der Waals surface area contributed by atoms with E-state index in [2.05, 4.69) is 0 Å². The van der Waals surface area contributed by atoms with Crippen molar-refractivity contribution >= 4 is 11.0 Å². The van der Waals surface area contributed by atoms with Crippen molar-refractivity contribution in [3.05, 3.63) is 46.6 Å². The highest BCUT2D eigenvalue weighted by atomic mass is 16.7. The van der Waals surface area contributed by atoms with Gasteiger partial charge in [-0.15, -0.1) is 0 Å². The second-order valence-electron chi connectivity index (χ2n) is 15.7. The molecule has 9 unspecified atom stereocenters. The third-order valence-electron chi connectivity index (χ3n) is 11.4. The molecule has 1 aromatic heterocycles. The molecular weight excluding hydrogens is 884 g/mol. The first-order chi connectivity index (χ1) is 30.9. The lowest BCUT2D eigenvalue weighted by atomic mass is 9.98. The van der Waals surface area contributed by atoms with Crippen LogP contribution in [0.4, 0.5) is 0 Å². The van der Waals surface area contributed by atoms with E-state index < -0.39 is 183 Å². The van der Waals surface area contributed by atoms with Gasteiger partial charge >= 0.3 is 0 Å². The molecule has 26 heteroatoms. The monoisotopic (exact) mass is 934 g/mol. The van der Waals surface area contributed by atoms with E-state index in [0.717, 1.165) is 12.1 Å². The van der Waals surface area contributed by atoms with Crippen molar-refractivity contribution in [3.8, 4) is 34.3 Å². The first-order valence-corrected chi connectivity index (χ1v) is 20.1. The first kappa shape index (κ1) is 49.0. The maximum absolute atomic E-state index is 14.4. The average Bonchev–Trinajstić information content (AvgIpc) is 3.29. The summed E-state index contributed by atoms with van der Waals surface area (Å²) < 4.78 is 50.5. The van der Waals surface area contributed by atoms with Crippen LogP contribution in [0.15, 0.2) is 45.6 Å². The number of benzene rings is 2. The first-order valence-electron chi connectivity index (χ1n) is 20.1. The maximum Gasteiger partial charge on any atom is 0.239 e. The van der Waals surface area contributed by atoms with E-state index in [0.29, 0.717) is 0 Å². The summed E-state index contributed by atoms with van der Waals surface area (Å²) in [6, 6.07) is 7.02. The summed E-state index contributed by atoms with van der Waals surface area (Å²) in [6.45, 7) is -3.08. The fourth-order valence-electron chi connectivity index (χ4n) is 7.57. The number of hydrogen-bond acceptors (Lipinski definition) is 26. The number of rotatable bonds is 13. The van der Waals surface area contributed by atoms with Gasteiger partial charge in [-0.25, -0.2) is 0 Å². The summed E-state index contributed by atoms with van der Waals surface area (Å²) in [7, 11) is 0. The molecule has 0 aliphatic carbocycles. The predicted octanol–water partition coefficient (Wildman–Crippen LogP) is -7.47. The molecule has 20 atom stereocenters. The van der Waals surface area contributed by atoms with Crippen molar-refractivity contribution in [3.63, 3.8) is 0 Å². The molecule has 7 rings (SSSR count). The zero-order valence-corrected chi connectivity index (χ0v) is 33.6. The molecule has 3 aromatic rings. The molecule has 4 aliphatic heterocycles. The second-order valence-corrected chi connectivity index (χ2v) is 15.7. The van der Waals surface area contributed by atoms with Crippen molar-refractivity contribution in [2.45, 2.75) is 123 Å². The lowest BCUT2D eigenvalue weighted by molar-refractivity contribution is -0.323. The molecular formula is C39H50O26. The minimum absolute atomic E-state index is 0.0201. The molecule has 0 saturated carbocycles. The highest BCUT2D eigenvalue weighted by molar-refractivity contribution is 5.88. The van der Waals surface area contributed by atoms with Crippen LogP contribution < -0.4 is 19.6 Å². The van der Waals surface area contributed by atoms with Crippen LogP contribution in [0.2, 0.25) is 0 Å². The summed E-state index contributed by atoms with van der Waals surface area (Å²) in [5, 5.41) is 164. The lowest BCUT2D eigenvalue weighted by Gasteiger charge is -2.42. The highest BCUT2D eigenvalue weighted by Crippen LogP contribution is 2.39. The molecule has 5 heterocycles. The van der Waals surface area contributed by atoms with Crippen LogP contribution in [0.5, 0.6) is 23.0 Å². The number of hydrogen-bond donors (Lipinski definition) is 16. The largest absolute Gasteiger partial charge is 0.507 e. The Morgan fingerprint density at radius 1 is 0.477 bits per heavy atom. The minimum Gasteiger partial charge on any atom is -0.507 e. The van der Waals surface area contributed by atoms with Gasteiger partial charge in [0.15, 0.2) is 12.1 Å². The number of fused-ring (bicyclic) bond motifs is 1. The van der Waals surface area contributed by atoms with Gasteiger partial charge in [0.05, 0.1) is 26.4 Å². The smallest absolute Gasteiger partial charge is 0.239 e. The molecule has 0 amide bonds. The number of phenols is 1. The molecule has 4 fully saturated rings. The number of phenolic OH excluding ortho intramolecular Hbond substituents is 1. The van der Waals surface area contributed by atoms with Crippen LogP contribution in [-0.2, 0) is 23.7 Å². The molecule has 0 bridgehead atoms. The zero-order chi connectivity index (χ0) is 47.2. The number of ether oxygens (including phenoxy) is 8. The maximum atomic E-state index is 14.4. The van der Waals surface area contributed by atoms with Crippen LogP contribution in [0.1, 0.15) is 0 Å². The normalized spacial score (nSPS) is 40.1. The Hall–Kier alpha value is -3.95. The van der Waals surface area contributed by atoms with Crippen molar-refractivity contribution in [2.24, 2.45) is 0 Å². The minimum atomic E-state index is -2.12. The summed E-state index contributed by atoms with van der Waals surface area (Å²) in [6.07, 6.45) is -35.0. The number of aliphatic hydroxyl groups excluding tert-OH is 15. The molecule has 2 aromatic carbocycles. The van der Waals surface area contributed by atoms with Gasteiger partial charge in [0, 0.05) is 17.7 Å². The second kappa shape index (κ2) is 20.1. The van der Waals surface area contributed by atoms with Crippen molar-refractivity contribution in [1.29, 1.82) is 0 Å². The van der Waals surface area contributed by atoms with Crippen LogP contribution in [0, 0.1) is 0 Å². The van der Waals surface area contributed by atoms with Gasteiger partial charge in [-0.1, -0.05) is 0 Å². The summed E-state index contributed by atoms with van der Waals surface area (Å²) in [5.74, 6) is -2.48. The molecule has 362 valence electrons. The molecule has 4 aliphatic rings. The zero-order valence-electron chi connectivity index (χ0n) is 33.6. The topological polar surface area (TPSA) is 428 Å². The van der Waals surface area contributed by atoms with Gasteiger partial charge in [0.2, 0.25) is 30.0 Å². The average molecular weight is 935 g/mol. The fourth-order valence-corrected chi connectivity index (χ4v) is 7.57. The highest BCUT2D eigenvalue weighted by Gasteiger charge is 2.49. The van der Waals surface area contributed by atoms with E-state index in [9.17, 15) is 86.5 Å². The van der Waals surface area contributed by atoms with Gasteiger partial charge in [-0.05, 0) is 24.3 Å². The molecule has 16 N–H and O–H groups in total. The number of aromatic hydroxyl groups is 1. The van der Waals surface area contributed by atoms with E-state index in [-0.39, 0.29) is 17.1 Å². The van der Waals surface area contributed by atoms with Crippen LogP contribution >= 0.6 is 0 Å². The predicted molar refractivity (Wildman–Crippen MR) is 205 cm³/mol. The van der Waals surface area contributed by atoms with E-state index in [1.54, 1.807) is 0 Å². The molecule has 0 radical (unpaired) electrons. The molecule has 0 spiro atoms. The summed E-state index contributed by atoms with van der Waals surface area (Å²) >= 11 is 0. The van der Waals surface area contributed by atoms with E-state index >= 15 is 0 Å². The number of aliphatic hydroxyl groups is 15. The van der Waals surface area contributed by atoms with Crippen LogP contribution in [0.25, 0.3) is 22.3 Å². The summed E-state index contributed by atoms with van der Waals surface area (Å²) in [4.78, 5) is 14.4. The van der Waals surface area contributed by atoms with Crippen molar-refractivity contribution < 1.29 is 124 Å². The Kier molecular flexibility index (Phi) is 15.1. The van der Waals surface area contributed by atoms with Gasteiger partial charge in [-0.2, -0.15) is 0 Å². The van der Waals surface area contributed by atoms with Gasteiger partial charge in [0.1, 0.15) is 126 Å². The lowest BCUT2D eigenvalue weighted by Crippen LogP contribution is -2.62. The SMILES string of the molecule is O=c1c(O[C@@H]2OC(CO[C@@H]3OC(CO)[C@@H](O)[C@H](O)C3O)[C@@H](O)C(O)C2O)c(-c2ccc(O[C@@H]3OC(CO)[C@@H](O)[C@H](O)C3O)cc2)oc2cc(O[C@@H]3OC(CO)[C@@H](O)[C@H](O)C3O)cc(O)c12. The van der Waals surface area contributed by atoms with Crippen molar-refractivity contribution in [1.82, 2.24) is 0 Å². The van der Waals surface area contributed by atoms with Gasteiger partial charge in [0.25, 0.3) is 0 Å². The van der Waals surface area contributed by atoms with E-state index in [1.807, 2.05) is 0 Å². The third-order valence-corrected chi connectivity index (χ3v) is 11.4. The van der Waals surface area contributed by atoms with E-state index in [4.69, 9.17) is 42.3 Å². The third kappa shape index (κ3) is 9.62. The molecule has 26 nitrogen and oxygen atoms in total. The van der Waals surface area contributed by atoms with E-state index in [1.165, 1.54) is 24.3 Å². The Morgan fingerprint density at radius 2 is 0.892 bits per heavy atom. The Balaban J connectivity index is 1.22. The Bertz CT molecular complexity index is 2120.